The van der Waals surface area contributed by atoms with Gasteiger partial charge in [-0.2, -0.15) is 0 Å². The Hall–Kier alpha value is -1.02. The topological polar surface area (TPSA) is 6.48 Å². The molecule has 2 nitrogen and oxygen atoms in total. The molecule has 0 saturated carbocycles. The summed E-state index contributed by atoms with van der Waals surface area (Å²) in [6.07, 6.45) is 9.01. The lowest BCUT2D eigenvalue weighted by molar-refractivity contribution is 0.198. The van der Waals surface area contributed by atoms with E-state index in [2.05, 4.69) is 56.5 Å². The van der Waals surface area contributed by atoms with Crippen LogP contribution in [0.15, 0.2) is 36.2 Å². The monoisotopic (exact) mass is 278 g/mol. The number of hydrogen-bond donors (Lipinski definition) is 0. The quantitative estimate of drug-likeness (QED) is 0.674. The normalized spacial score (nSPS) is 21.0. The van der Waals surface area contributed by atoms with E-state index in [1.54, 1.807) is 0 Å². The van der Waals surface area contributed by atoms with Gasteiger partial charge in [-0.3, -0.25) is 4.90 Å². The Morgan fingerprint density at radius 1 is 1.40 bits per heavy atom. The second-order valence-corrected chi connectivity index (χ2v) is 5.43. The molecule has 0 aromatic heterocycles. The van der Waals surface area contributed by atoms with Gasteiger partial charge in [0.05, 0.1) is 0 Å². The molecular weight excluding hydrogens is 244 g/mol. The van der Waals surface area contributed by atoms with Crippen molar-refractivity contribution in [3.8, 4) is 0 Å². The third kappa shape index (κ3) is 6.95. The molecule has 0 aromatic rings. The summed E-state index contributed by atoms with van der Waals surface area (Å²) in [6, 6.07) is 0. The summed E-state index contributed by atoms with van der Waals surface area (Å²) in [5, 5.41) is 0. The van der Waals surface area contributed by atoms with Crippen LogP contribution in [0.3, 0.4) is 0 Å². The summed E-state index contributed by atoms with van der Waals surface area (Å²) in [5.74, 6) is 0.833. The Kier molecular flexibility index (Phi) is 10.2. The zero-order chi connectivity index (χ0) is 15.5. The molecule has 2 heteroatoms. The summed E-state index contributed by atoms with van der Waals surface area (Å²) in [4.78, 5) is 4.71. The Bertz CT molecular complexity index is 328. The maximum absolute atomic E-state index is 3.94. The Morgan fingerprint density at radius 2 is 2.05 bits per heavy atom. The van der Waals surface area contributed by atoms with Crippen molar-refractivity contribution in [2.24, 2.45) is 5.92 Å². The van der Waals surface area contributed by atoms with Crippen molar-refractivity contribution in [2.75, 3.05) is 26.7 Å². The van der Waals surface area contributed by atoms with Crippen molar-refractivity contribution in [1.82, 2.24) is 9.80 Å². The van der Waals surface area contributed by atoms with Gasteiger partial charge in [0.2, 0.25) is 0 Å². The smallest absolute Gasteiger partial charge is 0.0248 e. The van der Waals surface area contributed by atoms with E-state index < -0.39 is 0 Å². The van der Waals surface area contributed by atoms with Gasteiger partial charge in [-0.05, 0) is 44.7 Å². The van der Waals surface area contributed by atoms with E-state index in [-0.39, 0.29) is 0 Å². The standard InChI is InChI=1S/C16H28N2.C2H6/c1-6-15(4)17(5)12-16(7-2)13-18-10-8-9-14(3)11-18;1-2/h6-7,12,14H,2,8-11,13H2,1,3-5H3;1-2H3/b15-6-,16-12+;/t14-;/m0./s1. The molecule has 0 bridgehead atoms. The van der Waals surface area contributed by atoms with Crippen molar-refractivity contribution in [1.29, 1.82) is 0 Å². The van der Waals surface area contributed by atoms with Gasteiger partial charge in [0, 0.05) is 32.0 Å². The van der Waals surface area contributed by atoms with Crippen LogP contribution >= 0.6 is 0 Å². The molecule has 1 aliphatic heterocycles. The number of allylic oxidation sites excluding steroid dienone is 2. The van der Waals surface area contributed by atoms with E-state index in [0.717, 1.165) is 12.5 Å². The molecule has 0 aliphatic carbocycles. The van der Waals surface area contributed by atoms with Crippen molar-refractivity contribution >= 4 is 0 Å². The first kappa shape index (κ1) is 19.0. The summed E-state index contributed by atoms with van der Waals surface area (Å²) in [7, 11) is 2.09. The third-order valence-electron chi connectivity index (χ3n) is 3.74. The van der Waals surface area contributed by atoms with Crippen LogP contribution in [0.5, 0.6) is 0 Å². The van der Waals surface area contributed by atoms with Gasteiger partial charge in [0.1, 0.15) is 0 Å². The molecule has 116 valence electrons. The van der Waals surface area contributed by atoms with Crippen LogP contribution in [-0.4, -0.2) is 36.5 Å². The molecule has 0 spiro atoms. The lowest BCUT2D eigenvalue weighted by atomic mass is 10.00. The molecule has 0 N–H and O–H groups in total. The number of likely N-dealkylation sites (tertiary alicyclic amines) is 1. The van der Waals surface area contributed by atoms with Crippen molar-refractivity contribution in [3.05, 3.63) is 36.2 Å². The van der Waals surface area contributed by atoms with Gasteiger partial charge in [0.15, 0.2) is 0 Å². The molecule has 1 fully saturated rings. The molecule has 0 aromatic carbocycles. The maximum atomic E-state index is 3.94. The van der Waals surface area contributed by atoms with Gasteiger partial charge in [0.25, 0.3) is 0 Å². The van der Waals surface area contributed by atoms with Crippen LogP contribution in [0, 0.1) is 5.92 Å². The molecule has 1 saturated heterocycles. The molecular formula is C18H34N2. The number of hydrogen-bond acceptors (Lipinski definition) is 2. The Balaban J connectivity index is 0.00000172. The van der Waals surface area contributed by atoms with E-state index in [1.807, 2.05) is 19.9 Å². The summed E-state index contributed by atoms with van der Waals surface area (Å²) < 4.78 is 0. The van der Waals surface area contributed by atoms with Crippen molar-refractivity contribution < 1.29 is 0 Å². The highest BCUT2D eigenvalue weighted by molar-refractivity contribution is 5.19. The third-order valence-corrected chi connectivity index (χ3v) is 3.74. The van der Waals surface area contributed by atoms with Crippen molar-refractivity contribution in [3.63, 3.8) is 0 Å². The fourth-order valence-corrected chi connectivity index (χ4v) is 2.40. The SMILES string of the molecule is C=C/C(=C\N(C)/C(C)=C\C)CN1CCC[C@H](C)C1.CC. The molecule has 20 heavy (non-hydrogen) atoms. The fraction of sp³-hybridized carbons (Fsp3) is 0.667. The second kappa shape index (κ2) is 10.7. The van der Waals surface area contributed by atoms with Gasteiger partial charge in [-0.1, -0.05) is 39.5 Å². The minimum absolute atomic E-state index is 0.833. The van der Waals surface area contributed by atoms with E-state index in [1.165, 1.54) is 37.2 Å². The highest BCUT2D eigenvalue weighted by Gasteiger charge is 2.16. The molecule has 0 radical (unpaired) electrons. The average molecular weight is 278 g/mol. The zero-order valence-corrected chi connectivity index (χ0v) is 14.4. The van der Waals surface area contributed by atoms with Gasteiger partial charge < -0.3 is 4.90 Å². The van der Waals surface area contributed by atoms with Crippen LogP contribution in [0.25, 0.3) is 0 Å². The number of piperidine rings is 1. The number of nitrogens with zero attached hydrogens (tertiary/aromatic N) is 2. The minimum Gasteiger partial charge on any atom is -0.355 e. The fourth-order valence-electron chi connectivity index (χ4n) is 2.40. The van der Waals surface area contributed by atoms with Crippen molar-refractivity contribution in [2.45, 2.75) is 47.5 Å². The van der Waals surface area contributed by atoms with E-state index >= 15 is 0 Å². The first-order chi connectivity index (χ1) is 9.56. The van der Waals surface area contributed by atoms with E-state index in [9.17, 15) is 0 Å². The van der Waals surface area contributed by atoms with Crippen LogP contribution in [0.1, 0.15) is 47.5 Å². The lowest BCUT2D eigenvalue weighted by Gasteiger charge is -2.31. The summed E-state index contributed by atoms with van der Waals surface area (Å²) in [6.45, 7) is 18.0. The maximum Gasteiger partial charge on any atom is 0.0248 e. The predicted molar refractivity (Wildman–Crippen MR) is 91.7 cm³/mol. The van der Waals surface area contributed by atoms with Crippen LogP contribution in [0.2, 0.25) is 0 Å². The lowest BCUT2D eigenvalue weighted by Crippen LogP contribution is -2.35. The van der Waals surface area contributed by atoms with Crippen LogP contribution in [-0.2, 0) is 0 Å². The van der Waals surface area contributed by atoms with Gasteiger partial charge in [-0.15, -0.1) is 0 Å². The first-order valence-electron chi connectivity index (χ1n) is 7.98. The van der Waals surface area contributed by atoms with Gasteiger partial charge in [-0.25, -0.2) is 0 Å². The van der Waals surface area contributed by atoms with Crippen LogP contribution < -0.4 is 0 Å². The highest BCUT2D eigenvalue weighted by Crippen LogP contribution is 2.17. The largest absolute Gasteiger partial charge is 0.355 e. The molecule has 0 amide bonds. The highest BCUT2D eigenvalue weighted by atomic mass is 15.1. The molecule has 1 aliphatic rings. The molecule has 1 heterocycles. The zero-order valence-electron chi connectivity index (χ0n) is 14.4. The molecule has 1 rings (SSSR count). The molecule has 0 unspecified atom stereocenters. The van der Waals surface area contributed by atoms with E-state index in [4.69, 9.17) is 0 Å². The van der Waals surface area contributed by atoms with E-state index in [0.29, 0.717) is 0 Å². The van der Waals surface area contributed by atoms with Gasteiger partial charge >= 0.3 is 0 Å². The first-order valence-corrected chi connectivity index (χ1v) is 7.98. The minimum atomic E-state index is 0.833. The summed E-state index contributed by atoms with van der Waals surface area (Å²) >= 11 is 0. The number of rotatable bonds is 5. The Morgan fingerprint density at radius 3 is 2.55 bits per heavy atom. The molecule has 1 atom stereocenters. The Labute approximate surface area is 126 Å². The predicted octanol–water partition coefficient (Wildman–Crippen LogP) is 4.67. The summed E-state index contributed by atoms with van der Waals surface area (Å²) in [5.41, 5.74) is 2.56. The second-order valence-electron chi connectivity index (χ2n) is 5.43. The average Bonchev–Trinajstić information content (AvgIpc) is 2.47. The van der Waals surface area contributed by atoms with Crippen LogP contribution in [0.4, 0.5) is 0 Å².